The minimum Gasteiger partial charge on any atom is -0.508 e. The molecule has 1 aliphatic rings. The van der Waals surface area contributed by atoms with Crippen LogP contribution in [0.1, 0.15) is 22.1 Å². The Bertz CT molecular complexity index is 971. The highest BCUT2D eigenvalue weighted by molar-refractivity contribution is 6.12. The second-order valence-corrected chi connectivity index (χ2v) is 6.03. The van der Waals surface area contributed by atoms with E-state index in [4.69, 9.17) is 4.74 Å². The highest BCUT2D eigenvalue weighted by Gasteiger charge is 2.35. The summed E-state index contributed by atoms with van der Waals surface area (Å²) in [6.07, 6.45) is -0.536. The van der Waals surface area contributed by atoms with Gasteiger partial charge in [0.05, 0.1) is 18.4 Å². The number of rotatable bonds is 3. The van der Waals surface area contributed by atoms with Crippen LogP contribution in [-0.2, 0) is 0 Å². The van der Waals surface area contributed by atoms with Crippen LogP contribution < -0.4 is 15.0 Å². The van der Waals surface area contributed by atoms with Gasteiger partial charge in [-0.3, -0.25) is 9.69 Å². The smallest absolute Gasteiger partial charge is 0.262 e. The number of ether oxygens (including phenoxy) is 1. The molecule has 1 amide bonds. The van der Waals surface area contributed by atoms with E-state index < -0.39 is 6.17 Å². The van der Waals surface area contributed by atoms with Crippen LogP contribution in [-0.4, -0.2) is 18.1 Å². The maximum atomic E-state index is 13.3. The van der Waals surface area contributed by atoms with E-state index in [2.05, 4.69) is 5.32 Å². The fraction of sp³-hybridized carbons (Fsp3) is 0.0952. The summed E-state index contributed by atoms with van der Waals surface area (Å²) in [6, 6.07) is 21.7. The van der Waals surface area contributed by atoms with Gasteiger partial charge in [-0.05, 0) is 30.3 Å². The number of amides is 1. The molecule has 0 bridgehead atoms. The molecule has 130 valence electrons. The predicted molar refractivity (Wildman–Crippen MR) is 101 cm³/mol. The van der Waals surface area contributed by atoms with E-state index in [0.29, 0.717) is 22.6 Å². The van der Waals surface area contributed by atoms with E-state index >= 15 is 0 Å². The number of fused-ring (bicyclic) bond motifs is 1. The summed E-state index contributed by atoms with van der Waals surface area (Å²) in [5, 5.41) is 13.7. The first-order chi connectivity index (χ1) is 12.7. The van der Waals surface area contributed by atoms with Gasteiger partial charge in [0.15, 0.2) is 0 Å². The lowest BCUT2D eigenvalue weighted by Crippen LogP contribution is -2.43. The van der Waals surface area contributed by atoms with Gasteiger partial charge in [0.1, 0.15) is 17.7 Å². The lowest BCUT2D eigenvalue weighted by molar-refractivity contribution is 0.0974. The molecule has 3 aromatic rings. The molecule has 2 N–H and O–H groups in total. The van der Waals surface area contributed by atoms with Crippen molar-refractivity contribution in [3.8, 4) is 11.5 Å². The average molecular weight is 346 g/mol. The number of anilines is 2. The molecule has 26 heavy (non-hydrogen) atoms. The van der Waals surface area contributed by atoms with E-state index in [1.807, 2.05) is 42.5 Å². The molecule has 0 aromatic heterocycles. The molecule has 4 rings (SSSR count). The lowest BCUT2D eigenvalue weighted by Gasteiger charge is -2.38. The molecule has 1 heterocycles. The van der Waals surface area contributed by atoms with Gasteiger partial charge in [-0.15, -0.1) is 0 Å². The Kier molecular flexibility index (Phi) is 3.97. The first-order valence-electron chi connectivity index (χ1n) is 8.30. The van der Waals surface area contributed by atoms with Crippen LogP contribution in [0.3, 0.4) is 0 Å². The number of methoxy groups -OCH3 is 1. The van der Waals surface area contributed by atoms with Crippen molar-refractivity contribution in [2.45, 2.75) is 6.17 Å². The zero-order chi connectivity index (χ0) is 18.1. The number of phenols is 1. The standard InChI is InChI=1S/C21H18N2O3/c1-26-15-8-6-7-14(13-15)23-20(17-10-3-5-12-19(17)24)22-18-11-4-2-9-16(18)21(23)25/h2-13,20,22,24H,1H3. The molecular formula is C21H18N2O3. The predicted octanol–water partition coefficient (Wildman–Crippen LogP) is 4.17. The lowest BCUT2D eigenvalue weighted by atomic mass is 10.0. The number of nitrogens with one attached hydrogen (secondary N) is 1. The van der Waals surface area contributed by atoms with Gasteiger partial charge in [-0.25, -0.2) is 0 Å². The van der Waals surface area contributed by atoms with Crippen LogP contribution in [0.15, 0.2) is 72.8 Å². The van der Waals surface area contributed by atoms with Crippen molar-refractivity contribution in [1.82, 2.24) is 0 Å². The van der Waals surface area contributed by atoms with Crippen molar-refractivity contribution < 1.29 is 14.6 Å². The molecule has 5 nitrogen and oxygen atoms in total. The Morgan fingerprint density at radius 1 is 1.00 bits per heavy atom. The van der Waals surface area contributed by atoms with Gasteiger partial charge in [0, 0.05) is 17.3 Å². The molecule has 1 unspecified atom stereocenters. The number of nitrogens with zero attached hydrogens (tertiary/aromatic N) is 1. The SMILES string of the molecule is COc1cccc(N2C(=O)c3ccccc3NC2c2ccccc2O)c1. The first kappa shape index (κ1) is 16.0. The third kappa shape index (κ3) is 2.63. The number of hydrogen-bond donors (Lipinski definition) is 2. The van der Waals surface area contributed by atoms with Crippen LogP contribution in [0.25, 0.3) is 0 Å². The number of para-hydroxylation sites is 2. The Balaban J connectivity index is 1.89. The summed E-state index contributed by atoms with van der Waals surface area (Å²) in [7, 11) is 1.59. The van der Waals surface area contributed by atoms with Crippen LogP contribution in [0.4, 0.5) is 11.4 Å². The number of carbonyl (C=O) groups is 1. The van der Waals surface area contributed by atoms with Gasteiger partial charge in [-0.2, -0.15) is 0 Å². The van der Waals surface area contributed by atoms with Gasteiger partial charge >= 0.3 is 0 Å². The molecule has 0 spiro atoms. The van der Waals surface area contributed by atoms with Crippen molar-refractivity contribution in [2.75, 3.05) is 17.3 Å². The highest BCUT2D eigenvalue weighted by Crippen LogP contribution is 2.39. The molecule has 3 aromatic carbocycles. The molecule has 0 radical (unpaired) electrons. The summed E-state index contributed by atoms with van der Waals surface area (Å²) in [6.45, 7) is 0. The molecule has 0 saturated heterocycles. The fourth-order valence-electron chi connectivity index (χ4n) is 3.22. The summed E-state index contributed by atoms with van der Waals surface area (Å²) in [4.78, 5) is 14.9. The van der Waals surface area contributed by atoms with Crippen molar-refractivity contribution in [1.29, 1.82) is 0 Å². The molecule has 0 aliphatic carbocycles. The zero-order valence-electron chi connectivity index (χ0n) is 14.2. The molecular weight excluding hydrogens is 328 g/mol. The Morgan fingerprint density at radius 3 is 2.58 bits per heavy atom. The number of carbonyl (C=O) groups excluding carboxylic acids is 1. The summed E-state index contributed by atoms with van der Waals surface area (Å²) < 4.78 is 5.31. The Labute approximate surface area is 151 Å². The van der Waals surface area contributed by atoms with E-state index in [9.17, 15) is 9.90 Å². The van der Waals surface area contributed by atoms with E-state index in [-0.39, 0.29) is 11.7 Å². The summed E-state index contributed by atoms with van der Waals surface area (Å²) in [5.41, 5.74) is 2.63. The molecule has 1 aliphatic heterocycles. The molecule has 5 heteroatoms. The maximum Gasteiger partial charge on any atom is 0.262 e. The van der Waals surface area contributed by atoms with Crippen molar-refractivity contribution in [3.63, 3.8) is 0 Å². The largest absolute Gasteiger partial charge is 0.508 e. The average Bonchev–Trinajstić information content (AvgIpc) is 2.68. The van der Waals surface area contributed by atoms with E-state index in [1.54, 1.807) is 42.3 Å². The van der Waals surface area contributed by atoms with Crippen molar-refractivity contribution in [3.05, 3.63) is 83.9 Å². The van der Waals surface area contributed by atoms with Gasteiger partial charge < -0.3 is 15.2 Å². The van der Waals surface area contributed by atoms with Crippen molar-refractivity contribution in [2.24, 2.45) is 0 Å². The number of benzene rings is 3. The Hall–Kier alpha value is -3.47. The minimum absolute atomic E-state index is 0.130. The fourth-order valence-corrected chi connectivity index (χ4v) is 3.22. The summed E-state index contributed by atoms with van der Waals surface area (Å²) in [5.74, 6) is 0.649. The zero-order valence-corrected chi connectivity index (χ0v) is 14.2. The first-order valence-corrected chi connectivity index (χ1v) is 8.30. The van der Waals surface area contributed by atoms with Crippen molar-refractivity contribution >= 4 is 17.3 Å². The van der Waals surface area contributed by atoms with E-state index in [1.165, 1.54) is 0 Å². The Morgan fingerprint density at radius 2 is 1.77 bits per heavy atom. The second kappa shape index (κ2) is 6.44. The van der Waals surface area contributed by atoms with E-state index in [0.717, 1.165) is 5.69 Å². The highest BCUT2D eigenvalue weighted by atomic mass is 16.5. The van der Waals surface area contributed by atoms with Gasteiger partial charge in [-0.1, -0.05) is 36.4 Å². The van der Waals surface area contributed by atoms with Crippen LogP contribution in [0.2, 0.25) is 0 Å². The van der Waals surface area contributed by atoms with Crippen LogP contribution in [0.5, 0.6) is 11.5 Å². The van der Waals surface area contributed by atoms with Gasteiger partial charge in [0.2, 0.25) is 0 Å². The number of phenolic OH excluding ortho intramolecular Hbond substituents is 1. The normalized spacial score (nSPS) is 16.0. The number of hydrogen-bond acceptors (Lipinski definition) is 4. The topological polar surface area (TPSA) is 61.8 Å². The third-order valence-corrected chi connectivity index (χ3v) is 4.49. The molecule has 1 atom stereocenters. The number of aromatic hydroxyl groups is 1. The quantitative estimate of drug-likeness (QED) is 0.747. The third-order valence-electron chi connectivity index (χ3n) is 4.49. The minimum atomic E-state index is -0.536. The van der Waals surface area contributed by atoms with Gasteiger partial charge in [0.25, 0.3) is 5.91 Å². The molecule has 0 saturated carbocycles. The van der Waals surface area contributed by atoms with Crippen LogP contribution >= 0.6 is 0 Å². The monoisotopic (exact) mass is 346 g/mol. The maximum absolute atomic E-state index is 13.3. The molecule has 0 fully saturated rings. The summed E-state index contributed by atoms with van der Waals surface area (Å²) >= 11 is 0. The second-order valence-electron chi connectivity index (χ2n) is 6.03. The van der Waals surface area contributed by atoms with Crippen LogP contribution in [0, 0.1) is 0 Å².